The van der Waals surface area contributed by atoms with E-state index in [2.05, 4.69) is 47.4 Å². The summed E-state index contributed by atoms with van der Waals surface area (Å²) >= 11 is 6.13. The first kappa shape index (κ1) is 20.1. The molecular weight excluding hydrogens is 412 g/mol. The van der Waals surface area contributed by atoms with Crippen molar-refractivity contribution in [3.8, 4) is 0 Å². The number of aromatic amines is 1. The number of halogens is 1. The van der Waals surface area contributed by atoms with Gasteiger partial charge in [0.25, 0.3) is 0 Å². The van der Waals surface area contributed by atoms with Gasteiger partial charge in [-0.2, -0.15) is 9.35 Å². The summed E-state index contributed by atoms with van der Waals surface area (Å²) in [6, 6.07) is 8.06. The molecule has 1 aliphatic rings. The van der Waals surface area contributed by atoms with Crippen molar-refractivity contribution in [3.05, 3.63) is 40.9 Å². The molecule has 1 saturated heterocycles. The summed E-state index contributed by atoms with van der Waals surface area (Å²) in [4.78, 5) is 18.4. The number of rotatable bonds is 4. The number of hydrogen-bond acceptors (Lipinski definition) is 7. The van der Waals surface area contributed by atoms with Crippen molar-refractivity contribution in [1.29, 1.82) is 0 Å². The van der Waals surface area contributed by atoms with Crippen molar-refractivity contribution in [2.24, 2.45) is 4.36 Å². The van der Waals surface area contributed by atoms with Gasteiger partial charge in [-0.1, -0.05) is 6.07 Å². The van der Waals surface area contributed by atoms with Crippen LogP contribution in [-0.2, 0) is 20.9 Å². The summed E-state index contributed by atoms with van der Waals surface area (Å²) in [5, 5.41) is 0.0866. The van der Waals surface area contributed by atoms with Gasteiger partial charge >= 0.3 is 0 Å². The second-order valence-electron chi connectivity index (χ2n) is 7.43. The van der Waals surface area contributed by atoms with Gasteiger partial charge in [0.05, 0.1) is 30.3 Å². The lowest BCUT2D eigenvalue weighted by Gasteiger charge is -2.36. The van der Waals surface area contributed by atoms with E-state index in [0.29, 0.717) is 31.4 Å². The third-order valence-corrected chi connectivity index (χ3v) is 5.44. The Morgan fingerprint density at radius 1 is 1.31 bits per heavy atom. The van der Waals surface area contributed by atoms with Gasteiger partial charge in [0, 0.05) is 34.9 Å². The fourth-order valence-corrected chi connectivity index (χ4v) is 4.23. The van der Waals surface area contributed by atoms with Gasteiger partial charge in [-0.3, -0.25) is 0 Å². The van der Waals surface area contributed by atoms with Crippen molar-refractivity contribution in [2.45, 2.75) is 19.4 Å². The molecule has 0 saturated carbocycles. The third-order valence-electron chi connectivity index (χ3n) is 4.64. The van der Waals surface area contributed by atoms with Crippen LogP contribution in [0, 0.1) is 6.92 Å². The van der Waals surface area contributed by atoms with Crippen LogP contribution in [-0.4, -0.2) is 62.5 Å². The molecule has 1 aromatic carbocycles. The molecule has 0 radical (unpaired) electrons. The first-order chi connectivity index (χ1) is 13.8. The first-order valence-electron chi connectivity index (χ1n) is 9.28. The number of H-pyrrole nitrogens is 1. The molecular formula is C19H23ClN6O2S. The molecule has 29 heavy (non-hydrogen) atoms. The van der Waals surface area contributed by atoms with E-state index in [9.17, 15) is 4.21 Å². The second kappa shape index (κ2) is 7.89. The molecule has 0 unspecified atom stereocenters. The summed E-state index contributed by atoms with van der Waals surface area (Å²) in [7, 11) is -2.35. The number of nitrogens with one attached hydrogen (secondary N) is 1. The van der Waals surface area contributed by atoms with Crippen LogP contribution in [0.4, 0.5) is 11.6 Å². The van der Waals surface area contributed by atoms with Gasteiger partial charge in [0.1, 0.15) is 11.6 Å². The zero-order valence-corrected chi connectivity index (χ0v) is 18.1. The minimum absolute atomic E-state index is 0.0765. The van der Waals surface area contributed by atoms with E-state index in [-0.39, 0.29) is 11.3 Å². The van der Waals surface area contributed by atoms with Crippen molar-refractivity contribution < 1.29 is 8.95 Å². The molecule has 3 heterocycles. The quantitative estimate of drug-likeness (QED) is 0.633. The Labute approximate surface area is 174 Å². The average molecular weight is 435 g/mol. The molecule has 1 N–H and O–H groups in total. The maximum Gasteiger partial charge on any atom is 0.226 e. The van der Waals surface area contributed by atoms with Gasteiger partial charge < -0.3 is 14.6 Å². The molecule has 3 aromatic rings. The summed E-state index contributed by atoms with van der Waals surface area (Å²) in [5.74, 6) is 1.89. The predicted molar refractivity (Wildman–Crippen MR) is 116 cm³/mol. The Morgan fingerprint density at radius 3 is 2.93 bits per heavy atom. The van der Waals surface area contributed by atoms with E-state index < -0.39 is 9.73 Å². The number of benzene rings is 1. The van der Waals surface area contributed by atoms with Crippen LogP contribution < -0.4 is 4.90 Å². The maximum atomic E-state index is 12.1. The largest absolute Gasteiger partial charge is 0.377 e. The van der Waals surface area contributed by atoms with Crippen LogP contribution in [0.2, 0.25) is 5.28 Å². The monoisotopic (exact) mass is 434 g/mol. The van der Waals surface area contributed by atoms with Crippen molar-refractivity contribution in [3.63, 3.8) is 0 Å². The molecule has 1 aliphatic heterocycles. The summed E-state index contributed by atoms with van der Waals surface area (Å²) in [6.45, 7) is 3.79. The van der Waals surface area contributed by atoms with Crippen LogP contribution in [0.1, 0.15) is 11.4 Å². The smallest absolute Gasteiger partial charge is 0.226 e. The topological polar surface area (TPSA) is 96.4 Å². The lowest BCUT2D eigenvalue weighted by atomic mass is 10.0. The standard InChI is InChI=1S/C19H23ClN6O2S/c1-12-21-15-5-4-13(9-16(15)22-12)8-14-11-28-7-6-26(14)18-10-17(23-19(20)24-18)25-29(2,3)27/h4-5,9-10,14H,6-8,11H2,1-3H3,(H,21,22)/t14-/m1/s1. The summed E-state index contributed by atoms with van der Waals surface area (Å²) < 4.78 is 22.0. The Hall–Kier alpha value is -2.23. The SMILES string of the molecule is Cc1nc2cc(C[C@@H]3COCCN3c3cc(N=S(C)(C)=O)nc(Cl)n3)ccc2[nH]1. The Bertz CT molecular complexity index is 1160. The van der Waals surface area contributed by atoms with Crippen molar-refractivity contribution in [1.82, 2.24) is 19.9 Å². The average Bonchev–Trinajstić information content (AvgIpc) is 2.99. The molecule has 1 atom stereocenters. The Balaban J connectivity index is 1.64. The highest BCUT2D eigenvalue weighted by atomic mass is 35.5. The minimum Gasteiger partial charge on any atom is -0.377 e. The zero-order valence-electron chi connectivity index (χ0n) is 16.6. The van der Waals surface area contributed by atoms with Crippen molar-refractivity contribution >= 4 is 44.0 Å². The molecule has 0 bridgehead atoms. The van der Waals surface area contributed by atoms with Gasteiger partial charge in [0.15, 0.2) is 5.82 Å². The van der Waals surface area contributed by atoms with E-state index in [1.165, 1.54) is 5.56 Å². The van der Waals surface area contributed by atoms with E-state index in [1.807, 2.05) is 6.92 Å². The minimum atomic E-state index is -2.35. The maximum absolute atomic E-state index is 12.1. The fourth-order valence-electron chi connectivity index (χ4n) is 3.52. The van der Waals surface area contributed by atoms with Crippen LogP contribution in [0.3, 0.4) is 0 Å². The van der Waals surface area contributed by atoms with E-state index >= 15 is 0 Å². The molecule has 4 rings (SSSR count). The number of nitrogens with zero attached hydrogens (tertiary/aromatic N) is 5. The number of fused-ring (bicyclic) bond motifs is 1. The van der Waals surface area contributed by atoms with Gasteiger partial charge in [-0.15, -0.1) is 0 Å². The number of imidazole rings is 1. The molecule has 2 aromatic heterocycles. The first-order valence-corrected chi connectivity index (χ1v) is 12.0. The van der Waals surface area contributed by atoms with Gasteiger partial charge in [-0.05, 0) is 42.6 Å². The normalized spacial score (nSPS) is 17.7. The lowest BCUT2D eigenvalue weighted by molar-refractivity contribution is 0.0937. The predicted octanol–water partition coefficient (Wildman–Crippen LogP) is 3.12. The summed E-state index contributed by atoms with van der Waals surface area (Å²) in [6.07, 6.45) is 3.90. The molecule has 1 fully saturated rings. The van der Waals surface area contributed by atoms with Crippen LogP contribution in [0.15, 0.2) is 28.6 Å². The van der Waals surface area contributed by atoms with Crippen LogP contribution in [0.25, 0.3) is 11.0 Å². The van der Waals surface area contributed by atoms with Crippen LogP contribution >= 0.6 is 11.6 Å². The highest BCUT2D eigenvalue weighted by molar-refractivity contribution is 7.92. The Morgan fingerprint density at radius 2 is 2.14 bits per heavy atom. The van der Waals surface area contributed by atoms with Gasteiger partial charge in [-0.25, -0.2) is 14.2 Å². The molecule has 0 aliphatic carbocycles. The number of morpholine rings is 1. The fraction of sp³-hybridized carbons (Fsp3) is 0.421. The highest BCUT2D eigenvalue weighted by Crippen LogP contribution is 2.26. The summed E-state index contributed by atoms with van der Waals surface area (Å²) in [5.41, 5.74) is 3.15. The molecule has 8 nitrogen and oxygen atoms in total. The van der Waals surface area contributed by atoms with E-state index in [0.717, 1.165) is 23.3 Å². The van der Waals surface area contributed by atoms with E-state index in [1.54, 1.807) is 18.6 Å². The molecule has 10 heteroatoms. The zero-order chi connectivity index (χ0) is 20.6. The number of hydrogen-bond donors (Lipinski definition) is 1. The second-order valence-corrected chi connectivity index (χ2v) is 10.3. The Kier molecular flexibility index (Phi) is 5.46. The molecule has 154 valence electrons. The number of aromatic nitrogens is 4. The lowest BCUT2D eigenvalue weighted by Crippen LogP contribution is -2.47. The highest BCUT2D eigenvalue weighted by Gasteiger charge is 2.25. The van der Waals surface area contributed by atoms with E-state index in [4.69, 9.17) is 16.3 Å². The van der Waals surface area contributed by atoms with Crippen molar-refractivity contribution in [2.75, 3.05) is 37.2 Å². The number of anilines is 1. The molecule has 0 spiro atoms. The van der Waals surface area contributed by atoms with Crippen LogP contribution in [0.5, 0.6) is 0 Å². The molecule has 0 amide bonds. The number of aryl methyl sites for hydroxylation is 1. The van der Waals surface area contributed by atoms with Gasteiger partial charge in [0.2, 0.25) is 5.28 Å². The number of ether oxygens (including phenoxy) is 1. The third kappa shape index (κ3) is 4.85.